The Morgan fingerprint density at radius 2 is 2.20 bits per heavy atom. The van der Waals surface area contributed by atoms with Gasteiger partial charge in [-0.25, -0.2) is 4.68 Å². The summed E-state index contributed by atoms with van der Waals surface area (Å²) in [5.74, 6) is 8.60. The molecular formula is C13H16N4O2S. The summed E-state index contributed by atoms with van der Waals surface area (Å²) in [5, 5.41) is 8.63. The predicted molar refractivity (Wildman–Crippen MR) is 78.4 cm³/mol. The smallest absolute Gasteiger partial charge is 0.210 e. The van der Waals surface area contributed by atoms with Crippen LogP contribution in [0.4, 0.5) is 0 Å². The van der Waals surface area contributed by atoms with Gasteiger partial charge in [0.1, 0.15) is 18.1 Å². The average Bonchev–Trinajstić information content (AvgIpc) is 2.83. The number of rotatable bonds is 7. The Bertz CT molecular complexity index is 586. The first-order valence-corrected chi connectivity index (χ1v) is 6.93. The summed E-state index contributed by atoms with van der Waals surface area (Å²) in [7, 11) is 1.61. The van der Waals surface area contributed by atoms with E-state index in [1.54, 1.807) is 19.3 Å². The molecule has 0 atom stereocenters. The van der Waals surface area contributed by atoms with Gasteiger partial charge in [0.15, 0.2) is 5.82 Å². The minimum absolute atomic E-state index is 0.241. The van der Waals surface area contributed by atoms with Crippen molar-refractivity contribution in [1.29, 1.82) is 0 Å². The van der Waals surface area contributed by atoms with Crippen molar-refractivity contribution in [1.82, 2.24) is 14.9 Å². The first-order chi connectivity index (χ1) is 9.74. The van der Waals surface area contributed by atoms with E-state index in [1.165, 1.54) is 16.4 Å². The van der Waals surface area contributed by atoms with Crippen LogP contribution in [0.25, 0.3) is 0 Å². The molecule has 1 aromatic heterocycles. The lowest BCUT2D eigenvalue weighted by molar-refractivity contribution is 0.289. The summed E-state index contributed by atoms with van der Waals surface area (Å²) >= 11 is 1.47. The molecule has 20 heavy (non-hydrogen) atoms. The van der Waals surface area contributed by atoms with Crippen molar-refractivity contribution < 1.29 is 9.47 Å². The molecule has 0 saturated carbocycles. The molecule has 0 fully saturated rings. The van der Waals surface area contributed by atoms with Crippen LogP contribution in [0.15, 0.2) is 42.1 Å². The van der Waals surface area contributed by atoms with Crippen molar-refractivity contribution in [2.45, 2.75) is 11.8 Å². The lowest BCUT2D eigenvalue weighted by atomic mass is 10.3. The molecule has 0 aliphatic heterocycles. The lowest BCUT2D eigenvalue weighted by Gasteiger charge is -2.07. The van der Waals surface area contributed by atoms with E-state index >= 15 is 0 Å². The van der Waals surface area contributed by atoms with Gasteiger partial charge in [-0.1, -0.05) is 23.9 Å². The van der Waals surface area contributed by atoms with Crippen molar-refractivity contribution in [3.63, 3.8) is 0 Å². The molecule has 0 saturated heterocycles. The van der Waals surface area contributed by atoms with Crippen molar-refractivity contribution in [3.05, 3.63) is 42.7 Å². The van der Waals surface area contributed by atoms with Crippen molar-refractivity contribution in [2.24, 2.45) is 0 Å². The zero-order valence-corrected chi connectivity index (χ0v) is 12.0. The van der Waals surface area contributed by atoms with E-state index in [0.717, 1.165) is 11.5 Å². The normalized spacial score (nSPS) is 10.2. The number of benzene rings is 1. The van der Waals surface area contributed by atoms with Crippen LogP contribution in [0.5, 0.6) is 11.5 Å². The van der Waals surface area contributed by atoms with Gasteiger partial charge in [0.25, 0.3) is 0 Å². The zero-order valence-electron chi connectivity index (χ0n) is 11.2. The molecule has 0 bridgehead atoms. The number of nitrogens with two attached hydrogens (primary N) is 1. The van der Waals surface area contributed by atoms with E-state index in [9.17, 15) is 0 Å². The number of aromatic nitrogens is 3. The Morgan fingerprint density at radius 3 is 2.95 bits per heavy atom. The van der Waals surface area contributed by atoms with E-state index in [1.807, 2.05) is 18.2 Å². The van der Waals surface area contributed by atoms with Crippen LogP contribution in [0, 0.1) is 0 Å². The second-order valence-corrected chi connectivity index (χ2v) is 4.82. The molecule has 106 valence electrons. The molecule has 2 N–H and O–H groups in total. The van der Waals surface area contributed by atoms with E-state index in [-0.39, 0.29) is 6.61 Å². The molecule has 1 aromatic carbocycles. The second-order valence-electron chi connectivity index (χ2n) is 3.84. The minimum Gasteiger partial charge on any atom is -0.497 e. The molecular weight excluding hydrogens is 276 g/mol. The van der Waals surface area contributed by atoms with Gasteiger partial charge < -0.3 is 15.3 Å². The Hall–Kier alpha value is -2.15. The number of methoxy groups -OCH3 is 1. The highest BCUT2D eigenvalue weighted by molar-refractivity contribution is 7.99. The Morgan fingerprint density at radius 1 is 1.40 bits per heavy atom. The molecule has 1 heterocycles. The molecule has 6 nitrogen and oxygen atoms in total. The van der Waals surface area contributed by atoms with Gasteiger partial charge >= 0.3 is 0 Å². The fourth-order valence-electron chi connectivity index (χ4n) is 1.48. The SMILES string of the molecule is C=CCSc1nnc(COc2cccc(OC)c2)n1N. The summed E-state index contributed by atoms with van der Waals surface area (Å²) in [4.78, 5) is 0. The van der Waals surface area contributed by atoms with Gasteiger partial charge in [0.2, 0.25) is 5.16 Å². The minimum atomic E-state index is 0.241. The number of nitrogen functional groups attached to an aromatic ring is 1. The summed E-state index contributed by atoms with van der Waals surface area (Å²) in [6.07, 6.45) is 1.78. The van der Waals surface area contributed by atoms with Crippen LogP contribution in [-0.4, -0.2) is 27.7 Å². The first-order valence-electron chi connectivity index (χ1n) is 5.94. The maximum Gasteiger partial charge on any atom is 0.210 e. The molecule has 0 aliphatic rings. The van der Waals surface area contributed by atoms with Gasteiger partial charge in [-0.15, -0.1) is 16.8 Å². The van der Waals surface area contributed by atoms with Crippen molar-refractivity contribution in [3.8, 4) is 11.5 Å². The molecule has 0 spiro atoms. The third-order valence-electron chi connectivity index (χ3n) is 2.47. The van der Waals surface area contributed by atoms with E-state index < -0.39 is 0 Å². The van der Waals surface area contributed by atoms with Gasteiger partial charge in [0.05, 0.1) is 7.11 Å². The maximum atomic E-state index is 5.90. The van der Waals surface area contributed by atoms with E-state index in [2.05, 4.69) is 16.8 Å². The molecule has 0 amide bonds. The van der Waals surface area contributed by atoms with E-state index in [4.69, 9.17) is 15.3 Å². The maximum absolute atomic E-state index is 5.90. The van der Waals surface area contributed by atoms with Crippen LogP contribution < -0.4 is 15.3 Å². The summed E-state index contributed by atoms with van der Waals surface area (Å²) in [6, 6.07) is 7.34. The van der Waals surface area contributed by atoms with E-state index in [0.29, 0.717) is 16.7 Å². The third kappa shape index (κ3) is 3.45. The predicted octanol–water partition coefficient (Wildman–Crippen LogP) is 1.86. The van der Waals surface area contributed by atoms with Gasteiger partial charge in [-0.3, -0.25) is 0 Å². The number of thioether (sulfide) groups is 1. The molecule has 2 aromatic rings. The first kappa shape index (κ1) is 14.3. The molecule has 7 heteroatoms. The number of hydrogen-bond acceptors (Lipinski definition) is 6. The Balaban J connectivity index is 1.99. The van der Waals surface area contributed by atoms with Crippen molar-refractivity contribution >= 4 is 11.8 Å². The Labute approximate surface area is 121 Å². The van der Waals surface area contributed by atoms with Crippen LogP contribution in [0.3, 0.4) is 0 Å². The molecule has 0 unspecified atom stereocenters. The molecule has 0 aliphatic carbocycles. The number of nitrogens with zero attached hydrogens (tertiary/aromatic N) is 3. The number of ether oxygens (including phenoxy) is 2. The standard InChI is InChI=1S/C13H16N4O2S/c1-3-7-20-13-16-15-12(17(13)14)9-19-11-6-4-5-10(8-11)18-2/h3-6,8H,1,7,9,14H2,2H3. The summed E-state index contributed by atoms with van der Waals surface area (Å²) in [6.45, 7) is 3.89. The zero-order chi connectivity index (χ0) is 14.4. The summed E-state index contributed by atoms with van der Waals surface area (Å²) in [5.41, 5.74) is 0. The fraction of sp³-hybridized carbons (Fsp3) is 0.231. The van der Waals surface area contributed by atoms with Crippen LogP contribution in [0.1, 0.15) is 5.82 Å². The van der Waals surface area contributed by atoms with Crippen molar-refractivity contribution in [2.75, 3.05) is 18.7 Å². The highest BCUT2D eigenvalue weighted by atomic mass is 32.2. The van der Waals surface area contributed by atoms with Crippen LogP contribution in [-0.2, 0) is 6.61 Å². The third-order valence-corrected chi connectivity index (χ3v) is 3.41. The molecule has 2 rings (SSSR count). The second kappa shape index (κ2) is 6.85. The Kier molecular flexibility index (Phi) is 4.89. The van der Waals surface area contributed by atoms with Crippen LogP contribution in [0.2, 0.25) is 0 Å². The van der Waals surface area contributed by atoms with Gasteiger partial charge in [-0.05, 0) is 12.1 Å². The average molecular weight is 292 g/mol. The summed E-state index contributed by atoms with van der Waals surface area (Å²) < 4.78 is 12.2. The van der Waals surface area contributed by atoms with Gasteiger partial charge in [0, 0.05) is 11.8 Å². The highest BCUT2D eigenvalue weighted by Gasteiger charge is 2.10. The van der Waals surface area contributed by atoms with Crippen LogP contribution >= 0.6 is 11.8 Å². The topological polar surface area (TPSA) is 75.2 Å². The quantitative estimate of drug-likeness (QED) is 0.477. The monoisotopic (exact) mass is 292 g/mol. The fourth-order valence-corrected chi connectivity index (χ4v) is 2.09. The highest BCUT2D eigenvalue weighted by Crippen LogP contribution is 2.20. The lowest BCUT2D eigenvalue weighted by Crippen LogP contribution is -2.15. The number of hydrogen-bond donors (Lipinski definition) is 1. The largest absolute Gasteiger partial charge is 0.497 e. The molecule has 0 radical (unpaired) electrons. The van der Waals surface area contributed by atoms with Gasteiger partial charge in [-0.2, -0.15) is 0 Å².